The summed E-state index contributed by atoms with van der Waals surface area (Å²) in [6, 6.07) is 12.3. The van der Waals surface area contributed by atoms with Crippen LogP contribution in [0.25, 0.3) is 10.9 Å². The monoisotopic (exact) mass is 309 g/mol. The first-order chi connectivity index (χ1) is 11.1. The van der Waals surface area contributed by atoms with Crippen LogP contribution in [0.5, 0.6) is 11.5 Å². The fourth-order valence-corrected chi connectivity index (χ4v) is 2.18. The van der Waals surface area contributed by atoms with Gasteiger partial charge in [0, 0.05) is 5.39 Å². The van der Waals surface area contributed by atoms with E-state index in [-0.39, 0.29) is 11.4 Å². The van der Waals surface area contributed by atoms with E-state index in [0.717, 1.165) is 5.56 Å². The van der Waals surface area contributed by atoms with Crippen LogP contribution in [-0.2, 0) is 0 Å². The number of methoxy groups -OCH3 is 1. The Morgan fingerprint density at radius 3 is 2.52 bits per heavy atom. The van der Waals surface area contributed by atoms with Crippen molar-refractivity contribution in [3.8, 4) is 11.5 Å². The number of benzene rings is 2. The molecule has 0 amide bonds. The summed E-state index contributed by atoms with van der Waals surface area (Å²) >= 11 is 0. The molecule has 3 rings (SSSR count). The molecule has 2 N–H and O–H groups in total. The van der Waals surface area contributed by atoms with E-state index < -0.39 is 5.56 Å². The maximum atomic E-state index is 12.1. The number of H-pyrrole nitrogens is 1. The third-order valence-corrected chi connectivity index (χ3v) is 3.47. The van der Waals surface area contributed by atoms with Crippen LogP contribution in [0.15, 0.2) is 57.5 Å². The molecule has 0 fully saturated rings. The van der Waals surface area contributed by atoms with Crippen molar-refractivity contribution in [2.75, 3.05) is 7.11 Å². The largest absolute Gasteiger partial charge is 0.505 e. The van der Waals surface area contributed by atoms with Gasteiger partial charge in [-0.1, -0.05) is 17.7 Å². The van der Waals surface area contributed by atoms with Gasteiger partial charge in [0.2, 0.25) is 0 Å². The van der Waals surface area contributed by atoms with Crippen molar-refractivity contribution in [2.45, 2.75) is 6.92 Å². The average Bonchev–Trinajstić information content (AvgIpc) is 2.56. The second-order valence-electron chi connectivity index (χ2n) is 5.10. The summed E-state index contributed by atoms with van der Waals surface area (Å²) in [7, 11) is 1.53. The Kier molecular flexibility index (Phi) is 3.80. The summed E-state index contributed by atoms with van der Waals surface area (Å²) in [5.74, 6) is 0.347. The second kappa shape index (κ2) is 5.92. The summed E-state index contributed by atoms with van der Waals surface area (Å²) in [5.41, 5.74) is 1.56. The fourth-order valence-electron chi connectivity index (χ4n) is 2.18. The molecule has 0 saturated carbocycles. The van der Waals surface area contributed by atoms with E-state index in [1.54, 1.807) is 30.3 Å². The Bertz CT molecular complexity index is 944. The molecule has 0 unspecified atom stereocenters. The Morgan fingerprint density at radius 2 is 1.83 bits per heavy atom. The van der Waals surface area contributed by atoms with Gasteiger partial charge in [-0.15, -0.1) is 5.11 Å². The highest BCUT2D eigenvalue weighted by atomic mass is 16.5. The van der Waals surface area contributed by atoms with E-state index in [1.165, 1.54) is 7.11 Å². The number of ether oxygens (including phenoxy) is 1. The van der Waals surface area contributed by atoms with Crippen LogP contribution in [0.2, 0.25) is 0 Å². The first-order valence-corrected chi connectivity index (χ1v) is 7.00. The summed E-state index contributed by atoms with van der Waals surface area (Å²) in [4.78, 5) is 14.8. The quantitative estimate of drug-likeness (QED) is 0.718. The van der Waals surface area contributed by atoms with Gasteiger partial charge in [-0.05, 0) is 37.3 Å². The molecule has 1 aromatic heterocycles. The van der Waals surface area contributed by atoms with Gasteiger partial charge >= 0.3 is 0 Å². The first kappa shape index (κ1) is 14.8. The van der Waals surface area contributed by atoms with E-state index in [1.807, 2.05) is 19.1 Å². The van der Waals surface area contributed by atoms with Gasteiger partial charge in [0.1, 0.15) is 5.75 Å². The fraction of sp³-hybridized carbons (Fsp3) is 0.118. The zero-order valence-corrected chi connectivity index (χ0v) is 12.7. The van der Waals surface area contributed by atoms with Crippen LogP contribution in [-0.4, -0.2) is 17.2 Å². The zero-order chi connectivity index (χ0) is 16.4. The lowest BCUT2D eigenvalue weighted by atomic mass is 10.2. The number of nitrogens with zero attached hydrogens (tertiary/aromatic N) is 2. The lowest BCUT2D eigenvalue weighted by Crippen LogP contribution is -2.05. The molecule has 0 aliphatic heterocycles. The van der Waals surface area contributed by atoms with Crippen molar-refractivity contribution in [1.82, 2.24) is 4.98 Å². The highest BCUT2D eigenvalue weighted by Crippen LogP contribution is 2.33. The summed E-state index contributed by atoms with van der Waals surface area (Å²) in [6.07, 6.45) is 0. The molecule has 0 saturated heterocycles. The molecule has 1 heterocycles. The lowest BCUT2D eigenvalue weighted by molar-refractivity contribution is 0.415. The number of aromatic nitrogens is 1. The predicted molar refractivity (Wildman–Crippen MR) is 88.1 cm³/mol. The molecule has 116 valence electrons. The Labute approximate surface area is 132 Å². The van der Waals surface area contributed by atoms with Crippen LogP contribution in [0.4, 0.5) is 11.4 Å². The number of azo groups is 1. The molecule has 0 bridgehead atoms. The highest BCUT2D eigenvalue weighted by Gasteiger charge is 2.12. The number of pyridine rings is 1. The molecule has 0 aliphatic carbocycles. The first-order valence-electron chi connectivity index (χ1n) is 7.00. The minimum absolute atomic E-state index is 0.133. The maximum Gasteiger partial charge on any atom is 0.280 e. The normalized spacial score (nSPS) is 11.2. The van der Waals surface area contributed by atoms with Crippen molar-refractivity contribution >= 4 is 22.3 Å². The number of hydrogen-bond donors (Lipinski definition) is 2. The van der Waals surface area contributed by atoms with Crippen molar-refractivity contribution in [1.29, 1.82) is 0 Å². The minimum atomic E-state index is -0.504. The van der Waals surface area contributed by atoms with Gasteiger partial charge in [0.05, 0.1) is 18.3 Å². The van der Waals surface area contributed by atoms with Crippen molar-refractivity contribution in [3.05, 3.63) is 58.4 Å². The Morgan fingerprint density at radius 1 is 1.09 bits per heavy atom. The molecule has 0 radical (unpaired) electrons. The molecule has 0 spiro atoms. The van der Waals surface area contributed by atoms with Crippen LogP contribution >= 0.6 is 0 Å². The molecule has 0 atom stereocenters. The Hall–Kier alpha value is -3.15. The zero-order valence-electron chi connectivity index (χ0n) is 12.7. The van der Waals surface area contributed by atoms with Crippen LogP contribution in [0, 0.1) is 6.92 Å². The second-order valence-corrected chi connectivity index (χ2v) is 5.10. The van der Waals surface area contributed by atoms with Gasteiger partial charge in [-0.25, -0.2) is 0 Å². The molecular formula is C17H15N3O3. The molecule has 2 aromatic carbocycles. The smallest absolute Gasteiger partial charge is 0.280 e. The van der Waals surface area contributed by atoms with Crippen molar-refractivity contribution in [2.24, 2.45) is 10.2 Å². The van der Waals surface area contributed by atoms with Crippen LogP contribution < -0.4 is 10.3 Å². The summed E-state index contributed by atoms with van der Waals surface area (Å²) < 4.78 is 5.13. The SMILES string of the molecule is COc1ccc2[nH]c(=O)c(N=Nc3ccc(C)cc3)c(O)c2c1. The van der Waals surface area contributed by atoms with E-state index >= 15 is 0 Å². The lowest BCUT2D eigenvalue weighted by Gasteiger charge is -2.05. The van der Waals surface area contributed by atoms with Crippen LogP contribution in [0.1, 0.15) is 5.56 Å². The highest BCUT2D eigenvalue weighted by molar-refractivity contribution is 5.89. The van der Waals surface area contributed by atoms with Crippen molar-refractivity contribution < 1.29 is 9.84 Å². The average molecular weight is 309 g/mol. The van der Waals surface area contributed by atoms with Gasteiger partial charge < -0.3 is 14.8 Å². The third-order valence-electron chi connectivity index (χ3n) is 3.47. The Balaban J connectivity index is 2.09. The maximum absolute atomic E-state index is 12.1. The topological polar surface area (TPSA) is 87.0 Å². The standard InChI is InChI=1S/C17H15N3O3/c1-10-3-5-11(6-4-10)19-20-15-16(21)13-9-12(23-2)7-8-14(13)18-17(15)22/h3-9H,1-2H3,(H2,18,21,22). The summed E-state index contributed by atoms with van der Waals surface area (Å²) in [6.45, 7) is 1.97. The van der Waals surface area contributed by atoms with Gasteiger partial charge in [-0.3, -0.25) is 4.79 Å². The van der Waals surface area contributed by atoms with Crippen LogP contribution in [0.3, 0.4) is 0 Å². The van der Waals surface area contributed by atoms with E-state index in [9.17, 15) is 9.90 Å². The van der Waals surface area contributed by atoms with Gasteiger partial charge in [0.15, 0.2) is 11.4 Å². The number of hydrogen-bond acceptors (Lipinski definition) is 5. The molecule has 3 aromatic rings. The number of aryl methyl sites for hydroxylation is 1. The number of nitrogens with one attached hydrogen (secondary N) is 1. The number of rotatable bonds is 3. The molecule has 0 aliphatic rings. The molecule has 6 heteroatoms. The minimum Gasteiger partial charge on any atom is -0.505 e. The molecule has 23 heavy (non-hydrogen) atoms. The third kappa shape index (κ3) is 2.91. The number of aromatic hydroxyl groups is 1. The van der Waals surface area contributed by atoms with E-state index in [2.05, 4.69) is 15.2 Å². The van der Waals surface area contributed by atoms with E-state index in [0.29, 0.717) is 22.3 Å². The van der Waals surface area contributed by atoms with Gasteiger partial charge in [-0.2, -0.15) is 5.11 Å². The van der Waals surface area contributed by atoms with Crippen molar-refractivity contribution in [3.63, 3.8) is 0 Å². The van der Waals surface area contributed by atoms with E-state index in [4.69, 9.17) is 4.74 Å². The summed E-state index contributed by atoms with van der Waals surface area (Å²) in [5, 5.41) is 18.7. The number of aromatic amines is 1. The molecular weight excluding hydrogens is 294 g/mol. The predicted octanol–water partition coefficient (Wildman–Crippen LogP) is 3.97. The molecule has 6 nitrogen and oxygen atoms in total. The van der Waals surface area contributed by atoms with Gasteiger partial charge in [0.25, 0.3) is 5.56 Å². The number of fused-ring (bicyclic) bond motifs is 1.